The molecule has 1 aromatic heterocycles. The van der Waals surface area contributed by atoms with Crippen LogP contribution in [0, 0.1) is 11.8 Å². The van der Waals surface area contributed by atoms with Crippen molar-refractivity contribution in [3.8, 4) is 17.6 Å². The van der Waals surface area contributed by atoms with E-state index in [0.717, 1.165) is 25.1 Å². The van der Waals surface area contributed by atoms with Gasteiger partial charge in [0, 0.05) is 37.1 Å². The molecule has 2 amide bonds. The molecule has 1 atom stereocenters. The maximum Gasteiger partial charge on any atom is 0.418 e. The number of ether oxygens (including phenoxy) is 1. The van der Waals surface area contributed by atoms with Gasteiger partial charge in [0.2, 0.25) is 0 Å². The second kappa shape index (κ2) is 9.42. The van der Waals surface area contributed by atoms with Crippen LogP contribution in [-0.4, -0.2) is 36.1 Å². The number of amides is 2. The molecule has 0 saturated carbocycles. The number of piperidine rings is 1. The summed E-state index contributed by atoms with van der Waals surface area (Å²) in [6, 6.07) is 12.5. The third-order valence-electron chi connectivity index (χ3n) is 4.29. The van der Waals surface area contributed by atoms with Crippen LogP contribution in [0.1, 0.15) is 19.8 Å². The van der Waals surface area contributed by atoms with Gasteiger partial charge in [0.15, 0.2) is 0 Å². The van der Waals surface area contributed by atoms with E-state index >= 15 is 0 Å². The Kier molecular flexibility index (Phi) is 6.47. The maximum absolute atomic E-state index is 12.1. The average molecular weight is 378 g/mol. The van der Waals surface area contributed by atoms with Crippen LogP contribution in [0.15, 0.2) is 48.7 Å². The Balaban J connectivity index is 1.61. The Morgan fingerprint density at radius 2 is 2.07 bits per heavy atom. The van der Waals surface area contributed by atoms with Crippen molar-refractivity contribution in [2.75, 3.05) is 23.3 Å². The van der Waals surface area contributed by atoms with Crippen molar-refractivity contribution >= 4 is 23.5 Å². The molecule has 144 valence electrons. The molecule has 1 aliphatic heterocycles. The van der Waals surface area contributed by atoms with Crippen molar-refractivity contribution in [1.82, 2.24) is 10.3 Å². The summed E-state index contributed by atoms with van der Waals surface area (Å²) in [7, 11) is 0. The van der Waals surface area contributed by atoms with Crippen LogP contribution in [0.25, 0.3) is 0 Å². The summed E-state index contributed by atoms with van der Waals surface area (Å²) in [5.74, 6) is 5.72. The van der Waals surface area contributed by atoms with E-state index in [0.29, 0.717) is 18.1 Å². The number of para-hydroxylation sites is 1. The lowest BCUT2D eigenvalue weighted by Gasteiger charge is -2.34. The fourth-order valence-corrected chi connectivity index (χ4v) is 3.07. The number of carbonyl (C=O) groups excluding carboxylic acids is 2. The molecule has 7 heteroatoms. The van der Waals surface area contributed by atoms with Crippen LogP contribution >= 0.6 is 0 Å². The Morgan fingerprint density at radius 1 is 1.25 bits per heavy atom. The molecule has 0 radical (unpaired) electrons. The van der Waals surface area contributed by atoms with Crippen molar-refractivity contribution in [3.05, 3.63) is 48.7 Å². The SMILES string of the molecule is CC#CC(=O)N[C@@H]1CCCN(c2ccnc(NC(=O)Oc3ccccc3)c2)C1. The standard InChI is InChI=1S/C21H22N4O3/c1-2-7-20(26)23-16-8-6-13-25(15-16)17-11-12-22-19(14-17)24-21(27)28-18-9-4-3-5-10-18/h3-5,9-12,14,16H,6,8,13,15H2,1H3,(H,23,26)(H,22,24,27)/t16-/m1/s1. The van der Waals surface area contributed by atoms with Crippen LogP contribution < -0.4 is 20.3 Å². The molecule has 7 nitrogen and oxygen atoms in total. The first kappa shape index (κ1) is 19.2. The number of hydrogen-bond donors (Lipinski definition) is 2. The van der Waals surface area contributed by atoms with Gasteiger partial charge in [0.1, 0.15) is 11.6 Å². The van der Waals surface area contributed by atoms with E-state index in [9.17, 15) is 9.59 Å². The number of rotatable bonds is 4. The average Bonchev–Trinajstić information content (AvgIpc) is 2.69. The largest absolute Gasteiger partial charge is 0.418 e. The van der Waals surface area contributed by atoms with E-state index in [2.05, 4.69) is 32.4 Å². The van der Waals surface area contributed by atoms with Gasteiger partial charge in [-0.2, -0.15) is 0 Å². The number of anilines is 2. The Morgan fingerprint density at radius 3 is 2.86 bits per heavy atom. The summed E-state index contributed by atoms with van der Waals surface area (Å²) in [6.07, 6.45) is 2.90. The highest BCUT2D eigenvalue weighted by molar-refractivity contribution is 5.93. The quantitative estimate of drug-likeness (QED) is 0.800. The van der Waals surface area contributed by atoms with Crippen molar-refractivity contribution < 1.29 is 14.3 Å². The minimum atomic E-state index is -0.599. The van der Waals surface area contributed by atoms with Gasteiger partial charge in [-0.15, -0.1) is 0 Å². The number of pyridine rings is 1. The molecule has 0 aliphatic carbocycles. The van der Waals surface area contributed by atoms with Gasteiger partial charge in [-0.1, -0.05) is 24.1 Å². The molecule has 0 spiro atoms. The maximum atomic E-state index is 12.1. The number of carbonyl (C=O) groups is 2. The highest BCUT2D eigenvalue weighted by Crippen LogP contribution is 2.22. The van der Waals surface area contributed by atoms with Crippen molar-refractivity contribution in [2.45, 2.75) is 25.8 Å². The van der Waals surface area contributed by atoms with E-state index in [1.165, 1.54) is 0 Å². The first-order chi connectivity index (χ1) is 13.6. The topological polar surface area (TPSA) is 83.6 Å². The molecule has 1 fully saturated rings. The fraction of sp³-hybridized carbons (Fsp3) is 0.286. The van der Waals surface area contributed by atoms with Crippen LogP contribution in [0.5, 0.6) is 5.75 Å². The minimum Gasteiger partial charge on any atom is -0.410 e. The van der Waals surface area contributed by atoms with Gasteiger partial charge in [0.25, 0.3) is 5.91 Å². The normalized spacial score (nSPS) is 15.8. The van der Waals surface area contributed by atoms with E-state index in [1.807, 2.05) is 12.1 Å². The molecular formula is C21H22N4O3. The van der Waals surface area contributed by atoms with Gasteiger partial charge < -0.3 is 15.0 Å². The van der Waals surface area contributed by atoms with Crippen molar-refractivity contribution in [3.63, 3.8) is 0 Å². The van der Waals surface area contributed by atoms with E-state index in [1.54, 1.807) is 43.5 Å². The predicted molar refractivity (Wildman–Crippen MR) is 107 cm³/mol. The van der Waals surface area contributed by atoms with Crippen LogP contribution in [-0.2, 0) is 4.79 Å². The molecule has 1 aliphatic rings. The highest BCUT2D eigenvalue weighted by atomic mass is 16.6. The lowest BCUT2D eigenvalue weighted by Crippen LogP contribution is -2.47. The van der Waals surface area contributed by atoms with Crippen LogP contribution in [0.2, 0.25) is 0 Å². The molecule has 0 unspecified atom stereocenters. The summed E-state index contributed by atoms with van der Waals surface area (Å²) in [4.78, 5) is 30.1. The summed E-state index contributed by atoms with van der Waals surface area (Å²) < 4.78 is 5.22. The molecule has 1 saturated heterocycles. The van der Waals surface area contributed by atoms with Crippen molar-refractivity contribution in [2.24, 2.45) is 0 Å². The Labute approximate surface area is 164 Å². The predicted octanol–water partition coefficient (Wildman–Crippen LogP) is 2.80. The van der Waals surface area contributed by atoms with E-state index < -0.39 is 6.09 Å². The van der Waals surface area contributed by atoms with E-state index in [-0.39, 0.29) is 11.9 Å². The van der Waals surface area contributed by atoms with Crippen LogP contribution in [0.3, 0.4) is 0 Å². The third kappa shape index (κ3) is 5.48. The summed E-state index contributed by atoms with van der Waals surface area (Å²) in [5.41, 5.74) is 0.922. The molecule has 1 aromatic carbocycles. The third-order valence-corrected chi connectivity index (χ3v) is 4.29. The first-order valence-corrected chi connectivity index (χ1v) is 9.12. The number of hydrogen-bond acceptors (Lipinski definition) is 5. The summed E-state index contributed by atoms with van der Waals surface area (Å²) >= 11 is 0. The zero-order valence-corrected chi connectivity index (χ0v) is 15.6. The van der Waals surface area contributed by atoms with Gasteiger partial charge >= 0.3 is 6.09 Å². The molecule has 0 bridgehead atoms. The number of nitrogens with zero attached hydrogens (tertiary/aromatic N) is 2. The summed E-state index contributed by atoms with van der Waals surface area (Å²) in [5, 5.41) is 5.58. The molecule has 28 heavy (non-hydrogen) atoms. The molecule has 2 N–H and O–H groups in total. The van der Waals surface area contributed by atoms with Crippen molar-refractivity contribution in [1.29, 1.82) is 0 Å². The van der Waals surface area contributed by atoms with Gasteiger partial charge in [-0.25, -0.2) is 9.78 Å². The monoisotopic (exact) mass is 378 g/mol. The lowest BCUT2D eigenvalue weighted by molar-refractivity contribution is -0.116. The molecule has 2 aromatic rings. The number of benzene rings is 1. The Bertz CT molecular complexity index is 889. The molecular weight excluding hydrogens is 356 g/mol. The molecule has 2 heterocycles. The zero-order chi connectivity index (χ0) is 19.8. The van der Waals surface area contributed by atoms with Gasteiger partial charge in [-0.3, -0.25) is 10.1 Å². The van der Waals surface area contributed by atoms with Crippen LogP contribution in [0.4, 0.5) is 16.3 Å². The van der Waals surface area contributed by atoms with Gasteiger partial charge in [0.05, 0.1) is 0 Å². The highest BCUT2D eigenvalue weighted by Gasteiger charge is 2.21. The van der Waals surface area contributed by atoms with Gasteiger partial charge in [-0.05, 0) is 43.9 Å². The summed E-state index contributed by atoms with van der Waals surface area (Å²) in [6.45, 7) is 3.18. The number of nitrogens with one attached hydrogen (secondary N) is 2. The second-order valence-electron chi connectivity index (χ2n) is 6.36. The van der Waals surface area contributed by atoms with E-state index in [4.69, 9.17) is 4.74 Å². The second-order valence-corrected chi connectivity index (χ2v) is 6.36. The fourth-order valence-electron chi connectivity index (χ4n) is 3.07. The molecule has 3 rings (SSSR count). The number of aromatic nitrogens is 1. The minimum absolute atomic E-state index is 0.0368. The zero-order valence-electron chi connectivity index (χ0n) is 15.6. The smallest absolute Gasteiger partial charge is 0.410 e. The Hall–Kier alpha value is -3.53. The lowest BCUT2D eigenvalue weighted by atomic mass is 10.0. The first-order valence-electron chi connectivity index (χ1n) is 9.12.